The van der Waals surface area contributed by atoms with Crippen LogP contribution in [0.1, 0.15) is 12.5 Å². The van der Waals surface area contributed by atoms with Crippen LogP contribution in [0.25, 0.3) is 0 Å². The molecular formula is C21H23ClF3N3O2. The van der Waals surface area contributed by atoms with Crippen molar-refractivity contribution in [3.63, 3.8) is 0 Å². The summed E-state index contributed by atoms with van der Waals surface area (Å²) < 4.78 is 44.2. The minimum atomic E-state index is -4.58. The molecule has 0 aromatic heterocycles. The minimum Gasteiger partial charge on any atom is -0.497 e. The van der Waals surface area contributed by atoms with Crippen molar-refractivity contribution >= 4 is 28.9 Å². The zero-order chi connectivity index (χ0) is 21.9. The Morgan fingerprint density at radius 1 is 1.10 bits per heavy atom. The first-order valence-electron chi connectivity index (χ1n) is 9.49. The highest BCUT2D eigenvalue weighted by Crippen LogP contribution is 2.36. The molecule has 1 saturated heterocycles. The summed E-state index contributed by atoms with van der Waals surface area (Å²) in [5.41, 5.74) is 0.177. The Kier molecular flexibility index (Phi) is 6.77. The Hall–Kier alpha value is -2.45. The maximum absolute atomic E-state index is 13.0. The highest BCUT2D eigenvalue weighted by Gasteiger charge is 2.34. The van der Waals surface area contributed by atoms with Gasteiger partial charge in [-0.25, -0.2) is 0 Å². The molecule has 2 aromatic carbocycles. The Morgan fingerprint density at radius 2 is 1.73 bits per heavy atom. The van der Waals surface area contributed by atoms with Crippen molar-refractivity contribution in [1.82, 2.24) is 4.90 Å². The van der Waals surface area contributed by atoms with Gasteiger partial charge in [-0.2, -0.15) is 13.2 Å². The third-order valence-electron chi connectivity index (χ3n) is 5.22. The van der Waals surface area contributed by atoms with Gasteiger partial charge < -0.3 is 15.0 Å². The van der Waals surface area contributed by atoms with E-state index in [-0.39, 0.29) is 11.6 Å². The number of methoxy groups -OCH3 is 1. The number of alkyl halides is 3. The highest BCUT2D eigenvalue weighted by atomic mass is 35.5. The molecule has 0 saturated carbocycles. The number of benzene rings is 2. The topological polar surface area (TPSA) is 44.8 Å². The summed E-state index contributed by atoms with van der Waals surface area (Å²) in [6.07, 6.45) is -4.58. The van der Waals surface area contributed by atoms with Gasteiger partial charge in [0.05, 0.1) is 23.7 Å². The van der Waals surface area contributed by atoms with Gasteiger partial charge in [-0.1, -0.05) is 11.6 Å². The lowest BCUT2D eigenvalue weighted by Gasteiger charge is -2.38. The number of amides is 1. The van der Waals surface area contributed by atoms with E-state index in [4.69, 9.17) is 16.3 Å². The quantitative estimate of drug-likeness (QED) is 0.741. The third kappa shape index (κ3) is 5.17. The maximum atomic E-state index is 13.0. The van der Waals surface area contributed by atoms with Gasteiger partial charge in [-0.05, 0) is 49.4 Å². The van der Waals surface area contributed by atoms with Crippen molar-refractivity contribution in [3.8, 4) is 5.75 Å². The molecule has 1 amide bonds. The third-order valence-corrected chi connectivity index (χ3v) is 5.55. The molecule has 9 heteroatoms. The molecule has 1 heterocycles. The molecule has 1 N–H and O–H groups in total. The number of ether oxygens (including phenoxy) is 1. The molecule has 0 bridgehead atoms. The van der Waals surface area contributed by atoms with Crippen molar-refractivity contribution in [3.05, 3.63) is 53.1 Å². The van der Waals surface area contributed by atoms with Gasteiger partial charge in [0.15, 0.2) is 0 Å². The predicted octanol–water partition coefficient (Wildman–Crippen LogP) is 4.52. The van der Waals surface area contributed by atoms with E-state index >= 15 is 0 Å². The number of nitrogens with zero attached hydrogens (tertiary/aromatic N) is 2. The fourth-order valence-electron chi connectivity index (χ4n) is 3.39. The van der Waals surface area contributed by atoms with Gasteiger partial charge in [0.1, 0.15) is 5.75 Å². The van der Waals surface area contributed by atoms with E-state index in [9.17, 15) is 18.0 Å². The van der Waals surface area contributed by atoms with Gasteiger partial charge >= 0.3 is 6.18 Å². The Labute approximate surface area is 178 Å². The van der Waals surface area contributed by atoms with Crippen LogP contribution in [0.4, 0.5) is 24.5 Å². The number of carbonyl (C=O) groups is 1. The first kappa shape index (κ1) is 22.2. The Balaban J connectivity index is 1.58. The Morgan fingerprint density at radius 3 is 2.30 bits per heavy atom. The number of hydrogen-bond acceptors (Lipinski definition) is 4. The predicted molar refractivity (Wildman–Crippen MR) is 111 cm³/mol. The van der Waals surface area contributed by atoms with Crippen molar-refractivity contribution in [2.24, 2.45) is 0 Å². The maximum Gasteiger partial charge on any atom is 0.417 e. The van der Waals surface area contributed by atoms with E-state index in [1.54, 1.807) is 14.0 Å². The largest absolute Gasteiger partial charge is 0.497 e. The van der Waals surface area contributed by atoms with Gasteiger partial charge in [-0.3, -0.25) is 9.69 Å². The molecular weight excluding hydrogens is 419 g/mol. The number of hydrogen-bond donors (Lipinski definition) is 1. The van der Waals surface area contributed by atoms with E-state index in [1.165, 1.54) is 6.07 Å². The molecule has 1 aliphatic rings. The van der Waals surface area contributed by atoms with Crippen molar-refractivity contribution < 1.29 is 22.7 Å². The van der Waals surface area contributed by atoms with Crippen LogP contribution in [0, 0.1) is 0 Å². The van der Waals surface area contributed by atoms with E-state index in [0.29, 0.717) is 13.1 Å². The van der Waals surface area contributed by atoms with Crippen molar-refractivity contribution in [1.29, 1.82) is 0 Å². The average molecular weight is 442 g/mol. The van der Waals surface area contributed by atoms with Crippen LogP contribution in [0.3, 0.4) is 0 Å². The summed E-state index contributed by atoms with van der Waals surface area (Å²) in [6, 6.07) is 10.7. The molecule has 0 radical (unpaired) electrons. The van der Waals surface area contributed by atoms with Crippen LogP contribution in [0.2, 0.25) is 5.02 Å². The molecule has 1 unspecified atom stereocenters. The molecule has 1 atom stereocenters. The molecule has 0 spiro atoms. The van der Waals surface area contributed by atoms with E-state index < -0.39 is 22.8 Å². The molecule has 1 fully saturated rings. The second-order valence-corrected chi connectivity index (χ2v) is 7.49. The van der Waals surface area contributed by atoms with Crippen LogP contribution in [-0.4, -0.2) is 50.1 Å². The lowest BCUT2D eigenvalue weighted by molar-refractivity contribution is -0.137. The normalized spacial score (nSPS) is 16.3. The highest BCUT2D eigenvalue weighted by molar-refractivity contribution is 6.31. The molecule has 1 aliphatic heterocycles. The van der Waals surface area contributed by atoms with Crippen molar-refractivity contribution in [2.75, 3.05) is 43.5 Å². The van der Waals surface area contributed by atoms with Crippen LogP contribution in [-0.2, 0) is 11.0 Å². The average Bonchev–Trinajstić information content (AvgIpc) is 2.74. The summed E-state index contributed by atoms with van der Waals surface area (Å²) in [5, 5.41) is 2.17. The summed E-state index contributed by atoms with van der Waals surface area (Å²) in [6.45, 7) is 4.55. The first-order valence-corrected chi connectivity index (χ1v) is 9.87. The van der Waals surface area contributed by atoms with Crippen LogP contribution in [0.5, 0.6) is 5.75 Å². The standard InChI is InChI=1S/C21H23ClF3N3O2/c1-14(20(29)26-15-3-8-19(22)18(13-15)21(23,24)25)27-9-11-28(12-10-27)16-4-6-17(30-2)7-5-16/h3-8,13-14H,9-12H2,1-2H3,(H,26,29). The minimum absolute atomic E-state index is 0.0699. The number of carbonyl (C=O) groups excluding carboxylic acids is 1. The molecule has 162 valence electrons. The van der Waals surface area contributed by atoms with E-state index in [1.807, 2.05) is 29.2 Å². The van der Waals surface area contributed by atoms with Gasteiger partial charge in [0.2, 0.25) is 5.91 Å². The summed E-state index contributed by atoms with van der Waals surface area (Å²) in [7, 11) is 1.62. The van der Waals surface area contributed by atoms with Gasteiger partial charge in [0, 0.05) is 37.6 Å². The number of anilines is 2. The summed E-state index contributed by atoms with van der Waals surface area (Å²) in [4.78, 5) is 16.8. The SMILES string of the molecule is COc1ccc(N2CCN(C(C)C(=O)Nc3ccc(Cl)c(C(F)(F)F)c3)CC2)cc1. The summed E-state index contributed by atoms with van der Waals surface area (Å²) in [5.74, 6) is 0.432. The van der Waals surface area contributed by atoms with Crippen LogP contribution >= 0.6 is 11.6 Å². The second kappa shape index (κ2) is 9.14. The smallest absolute Gasteiger partial charge is 0.417 e. The molecule has 3 rings (SSSR count). The van der Waals surface area contributed by atoms with Gasteiger partial charge in [0.25, 0.3) is 0 Å². The first-order chi connectivity index (χ1) is 14.2. The van der Waals surface area contributed by atoms with Crippen LogP contribution in [0.15, 0.2) is 42.5 Å². The second-order valence-electron chi connectivity index (χ2n) is 7.08. The number of halogens is 4. The molecule has 5 nitrogen and oxygen atoms in total. The molecule has 2 aromatic rings. The molecule has 0 aliphatic carbocycles. The lowest BCUT2D eigenvalue weighted by Crippen LogP contribution is -2.52. The Bertz CT molecular complexity index is 882. The van der Waals surface area contributed by atoms with E-state index in [0.717, 1.165) is 36.7 Å². The number of rotatable bonds is 5. The zero-order valence-electron chi connectivity index (χ0n) is 16.7. The number of piperazine rings is 1. The monoisotopic (exact) mass is 441 g/mol. The van der Waals surface area contributed by atoms with E-state index in [2.05, 4.69) is 10.2 Å². The molecule has 30 heavy (non-hydrogen) atoms. The fraction of sp³-hybridized carbons (Fsp3) is 0.381. The van der Waals surface area contributed by atoms with Gasteiger partial charge in [-0.15, -0.1) is 0 Å². The van der Waals surface area contributed by atoms with Crippen molar-refractivity contribution in [2.45, 2.75) is 19.1 Å². The fourth-order valence-corrected chi connectivity index (χ4v) is 3.62. The zero-order valence-corrected chi connectivity index (χ0v) is 17.4. The number of nitrogens with one attached hydrogen (secondary N) is 1. The summed E-state index contributed by atoms with van der Waals surface area (Å²) >= 11 is 5.63. The lowest BCUT2D eigenvalue weighted by atomic mass is 10.1. The van der Waals surface area contributed by atoms with Crippen LogP contribution < -0.4 is 15.0 Å².